The summed E-state index contributed by atoms with van der Waals surface area (Å²) in [6.07, 6.45) is -3.04. The molecule has 26 heavy (non-hydrogen) atoms. The predicted molar refractivity (Wildman–Crippen MR) is 93.6 cm³/mol. The maximum absolute atomic E-state index is 13.0. The molecule has 4 rings (SSSR count). The van der Waals surface area contributed by atoms with Crippen molar-refractivity contribution in [1.82, 2.24) is 15.0 Å². The number of hydrogen-bond acceptors (Lipinski definition) is 4. The second-order valence-electron chi connectivity index (χ2n) is 5.98. The normalized spacial score (nSPS) is 14.6. The topological polar surface area (TPSA) is 41.9 Å². The summed E-state index contributed by atoms with van der Waals surface area (Å²) >= 11 is 12.1. The fourth-order valence-corrected chi connectivity index (χ4v) is 3.40. The van der Waals surface area contributed by atoms with Gasteiger partial charge in [0, 0.05) is 41.8 Å². The number of alkyl halides is 3. The highest BCUT2D eigenvalue weighted by molar-refractivity contribution is 6.31. The van der Waals surface area contributed by atoms with E-state index in [1.165, 1.54) is 0 Å². The van der Waals surface area contributed by atoms with Gasteiger partial charge in [-0.3, -0.25) is 4.98 Å². The van der Waals surface area contributed by atoms with Crippen LogP contribution in [-0.2, 0) is 19.1 Å². The molecule has 0 bridgehead atoms. The molecule has 0 saturated carbocycles. The van der Waals surface area contributed by atoms with Gasteiger partial charge in [0.1, 0.15) is 5.82 Å². The average Bonchev–Trinajstić information content (AvgIpc) is 2.59. The summed E-state index contributed by atoms with van der Waals surface area (Å²) in [4.78, 5) is 14.3. The molecule has 0 atom stereocenters. The Kier molecular flexibility index (Phi) is 4.16. The second kappa shape index (κ2) is 6.25. The van der Waals surface area contributed by atoms with Gasteiger partial charge in [0.2, 0.25) is 5.28 Å². The first kappa shape index (κ1) is 17.3. The van der Waals surface area contributed by atoms with E-state index in [-0.39, 0.29) is 11.8 Å². The standard InChI is InChI=1S/C17H11Cl2F3N4/c18-11-1-2-14-12(6-11)15(25-16(19)24-14)26-4-3-13-9(8-26)5-10(7-23-13)17(20,21)22/h1-2,5-7H,3-4,8H2. The first-order valence-electron chi connectivity index (χ1n) is 7.74. The molecular weight excluding hydrogens is 388 g/mol. The van der Waals surface area contributed by atoms with E-state index in [0.29, 0.717) is 46.0 Å². The predicted octanol–water partition coefficient (Wildman–Crippen LogP) is 4.91. The van der Waals surface area contributed by atoms with Gasteiger partial charge in [-0.05, 0) is 41.4 Å². The number of halogens is 5. The minimum absolute atomic E-state index is 0.0720. The van der Waals surface area contributed by atoms with Gasteiger partial charge >= 0.3 is 6.18 Å². The van der Waals surface area contributed by atoms with Gasteiger partial charge in [-0.15, -0.1) is 0 Å². The largest absolute Gasteiger partial charge is 0.417 e. The van der Waals surface area contributed by atoms with Crippen LogP contribution in [0.3, 0.4) is 0 Å². The monoisotopic (exact) mass is 398 g/mol. The van der Waals surface area contributed by atoms with Gasteiger partial charge in [0.05, 0.1) is 11.1 Å². The van der Waals surface area contributed by atoms with Crippen LogP contribution >= 0.6 is 23.2 Å². The van der Waals surface area contributed by atoms with Crippen molar-refractivity contribution >= 4 is 39.9 Å². The number of aromatic nitrogens is 3. The van der Waals surface area contributed by atoms with Crippen molar-refractivity contribution in [3.63, 3.8) is 0 Å². The summed E-state index contributed by atoms with van der Waals surface area (Å²) in [5.74, 6) is 0.547. The smallest absolute Gasteiger partial charge is 0.351 e. The zero-order valence-electron chi connectivity index (χ0n) is 13.2. The fourth-order valence-electron chi connectivity index (χ4n) is 3.06. The van der Waals surface area contributed by atoms with E-state index in [2.05, 4.69) is 15.0 Å². The lowest BCUT2D eigenvalue weighted by Gasteiger charge is -2.30. The number of pyridine rings is 1. The second-order valence-corrected chi connectivity index (χ2v) is 6.75. The number of anilines is 1. The Morgan fingerprint density at radius 3 is 2.65 bits per heavy atom. The molecule has 0 fully saturated rings. The third kappa shape index (κ3) is 3.17. The van der Waals surface area contributed by atoms with Crippen LogP contribution in [0.1, 0.15) is 16.8 Å². The number of hydrogen-bond donors (Lipinski definition) is 0. The maximum atomic E-state index is 13.0. The summed E-state index contributed by atoms with van der Waals surface area (Å²) in [6, 6.07) is 6.30. The van der Waals surface area contributed by atoms with Crippen molar-refractivity contribution in [3.05, 3.63) is 57.6 Å². The number of benzene rings is 1. The zero-order valence-corrected chi connectivity index (χ0v) is 14.7. The number of fused-ring (bicyclic) bond motifs is 2. The molecule has 0 aliphatic carbocycles. The molecule has 0 N–H and O–H groups in total. The van der Waals surface area contributed by atoms with Gasteiger partial charge in [-0.25, -0.2) is 4.98 Å². The van der Waals surface area contributed by atoms with E-state index in [4.69, 9.17) is 23.2 Å². The van der Waals surface area contributed by atoms with Crippen LogP contribution in [0.4, 0.5) is 19.0 Å². The van der Waals surface area contributed by atoms with Crippen LogP contribution in [0, 0.1) is 0 Å². The van der Waals surface area contributed by atoms with Crippen molar-refractivity contribution in [2.75, 3.05) is 11.4 Å². The molecular formula is C17H11Cl2F3N4. The molecule has 0 amide bonds. The van der Waals surface area contributed by atoms with Gasteiger partial charge in [-0.2, -0.15) is 18.2 Å². The van der Waals surface area contributed by atoms with E-state index in [0.717, 1.165) is 12.3 Å². The maximum Gasteiger partial charge on any atom is 0.417 e. The summed E-state index contributed by atoms with van der Waals surface area (Å²) in [6.45, 7) is 0.807. The summed E-state index contributed by atoms with van der Waals surface area (Å²) in [7, 11) is 0. The van der Waals surface area contributed by atoms with Crippen molar-refractivity contribution in [3.8, 4) is 0 Å². The summed E-state index contributed by atoms with van der Waals surface area (Å²) < 4.78 is 38.9. The molecule has 1 aliphatic heterocycles. The van der Waals surface area contributed by atoms with Crippen molar-refractivity contribution < 1.29 is 13.2 Å². The molecule has 3 aromatic rings. The lowest BCUT2D eigenvalue weighted by atomic mass is 10.0. The fraction of sp³-hybridized carbons (Fsp3) is 0.235. The van der Waals surface area contributed by atoms with E-state index < -0.39 is 11.7 Å². The lowest BCUT2D eigenvalue weighted by molar-refractivity contribution is -0.137. The van der Waals surface area contributed by atoms with Gasteiger partial charge in [0.15, 0.2) is 0 Å². The molecule has 4 nitrogen and oxygen atoms in total. The average molecular weight is 399 g/mol. The van der Waals surface area contributed by atoms with E-state index in [1.54, 1.807) is 18.2 Å². The molecule has 0 radical (unpaired) electrons. The first-order valence-corrected chi connectivity index (χ1v) is 8.49. The Bertz CT molecular complexity index is 1010. The Morgan fingerprint density at radius 1 is 1.08 bits per heavy atom. The van der Waals surface area contributed by atoms with E-state index in [1.807, 2.05) is 4.90 Å². The van der Waals surface area contributed by atoms with Crippen LogP contribution in [-0.4, -0.2) is 21.5 Å². The first-order chi connectivity index (χ1) is 12.3. The highest BCUT2D eigenvalue weighted by Crippen LogP contribution is 2.34. The Balaban J connectivity index is 1.77. The third-order valence-electron chi connectivity index (χ3n) is 4.28. The van der Waals surface area contributed by atoms with Gasteiger partial charge in [-0.1, -0.05) is 11.6 Å². The van der Waals surface area contributed by atoms with Crippen LogP contribution in [0.5, 0.6) is 0 Å². The molecule has 1 aromatic carbocycles. The van der Waals surface area contributed by atoms with Crippen molar-refractivity contribution in [1.29, 1.82) is 0 Å². The molecule has 0 spiro atoms. The van der Waals surface area contributed by atoms with Gasteiger partial charge in [0.25, 0.3) is 0 Å². The van der Waals surface area contributed by atoms with Crippen LogP contribution < -0.4 is 4.90 Å². The highest BCUT2D eigenvalue weighted by atomic mass is 35.5. The zero-order chi connectivity index (χ0) is 18.5. The molecule has 3 heterocycles. The van der Waals surface area contributed by atoms with E-state index in [9.17, 15) is 13.2 Å². The van der Waals surface area contributed by atoms with Crippen molar-refractivity contribution in [2.45, 2.75) is 19.1 Å². The summed E-state index contributed by atoms with van der Waals surface area (Å²) in [5.41, 5.74) is 1.05. The number of rotatable bonds is 1. The minimum Gasteiger partial charge on any atom is -0.351 e. The molecule has 1 aliphatic rings. The number of nitrogens with zero attached hydrogens (tertiary/aromatic N) is 4. The SMILES string of the molecule is FC(F)(F)c1cnc2c(c1)CN(c1nc(Cl)nc3ccc(Cl)cc13)CC2. The summed E-state index contributed by atoms with van der Waals surface area (Å²) in [5, 5.41) is 1.29. The van der Waals surface area contributed by atoms with Gasteiger partial charge < -0.3 is 4.90 Å². The minimum atomic E-state index is -4.43. The highest BCUT2D eigenvalue weighted by Gasteiger charge is 2.32. The molecule has 0 saturated heterocycles. The lowest BCUT2D eigenvalue weighted by Crippen LogP contribution is -2.32. The Labute approximate surface area is 156 Å². The Hall–Kier alpha value is -2.12. The molecule has 9 heteroatoms. The van der Waals surface area contributed by atoms with E-state index >= 15 is 0 Å². The van der Waals surface area contributed by atoms with Crippen molar-refractivity contribution in [2.24, 2.45) is 0 Å². The molecule has 2 aromatic heterocycles. The third-order valence-corrected chi connectivity index (χ3v) is 4.68. The van der Waals surface area contributed by atoms with Crippen LogP contribution in [0.15, 0.2) is 30.5 Å². The molecule has 134 valence electrons. The quantitative estimate of drug-likeness (QED) is 0.546. The van der Waals surface area contributed by atoms with Crippen LogP contribution in [0.2, 0.25) is 10.3 Å². The molecule has 0 unspecified atom stereocenters. The Morgan fingerprint density at radius 2 is 1.88 bits per heavy atom. The van der Waals surface area contributed by atoms with Crippen LogP contribution in [0.25, 0.3) is 10.9 Å².